The summed E-state index contributed by atoms with van der Waals surface area (Å²) in [5.74, 6) is 2.68. The molecule has 0 saturated heterocycles. The summed E-state index contributed by atoms with van der Waals surface area (Å²) in [6.45, 7) is 3.17. The Morgan fingerprint density at radius 1 is 1.08 bits per heavy atom. The summed E-state index contributed by atoms with van der Waals surface area (Å²) < 4.78 is 21.8. The molecule has 3 rings (SSSR count). The van der Waals surface area contributed by atoms with Crippen molar-refractivity contribution in [2.75, 3.05) is 25.3 Å². The van der Waals surface area contributed by atoms with Gasteiger partial charge in [0.05, 0.1) is 13.2 Å². The highest BCUT2D eigenvalue weighted by Crippen LogP contribution is 2.34. The molecule has 0 aliphatic carbocycles. The highest BCUT2D eigenvalue weighted by atomic mass is 16.7. The number of hydrogen-bond acceptors (Lipinski definition) is 5. The Balaban J connectivity index is 1.42. The summed E-state index contributed by atoms with van der Waals surface area (Å²) in [4.78, 5) is 12.0. The van der Waals surface area contributed by atoms with E-state index in [1.54, 1.807) is 18.2 Å². The van der Waals surface area contributed by atoms with E-state index >= 15 is 0 Å². The zero-order valence-electron chi connectivity index (χ0n) is 14.1. The number of anilines is 1. The minimum atomic E-state index is -0.0689. The number of amides is 1. The molecule has 1 heterocycles. The Labute approximate surface area is 146 Å². The minimum Gasteiger partial charge on any atom is -0.490 e. The van der Waals surface area contributed by atoms with Crippen LogP contribution in [0.2, 0.25) is 0 Å². The van der Waals surface area contributed by atoms with E-state index in [9.17, 15) is 4.79 Å². The molecule has 25 heavy (non-hydrogen) atoms. The van der Waals surface area contributed by atoms with Crippen LogP contribution in [-0.2, 0) is 4.79 Å². The van der Waals surface area contributed by atoms with Crippen molar-refractivity contribution in [3.63, 3.8) is 0 Å². The maximum Gasteiger partial charge on any atom is 0.231 e. The van der Waals surface area contributed by atoms with Crippen LogP contribution in [0.1, 0.15) is 19.8 Å². The molecule has 0 bridgehead atoms. The Morgan fingerprint density at radius 2 is 1.84 bits per heavy atom. The van der Waals surface area contributed by atoms with Gasteiger partial charge in [0, 0.05) is 18.2 Å². The summed E-state index contributed by atoms with van der Waals surface area (Å²) >= 11 is 0. The average molecular weight is 343 g/mol. The van der Waals surface area contributed by atoms with E-state index in [2.05, 4.69) is 5.32 Å². The van der Waals surface area contributed by atoms with Gasteiger partial charge in [-0.2, -0.15) is 0 Å². The molecule has 0 saturated carbocycles. The molecule has 0 unspecified atom stereocenters. The van der Waals surface area contributed by atoms with Crippen LogP contribution >= 0.6 is 0 Å². The van der Waals surface area contributed by atoms with E-state index in [0.29, 0.717) is 49.0 Å². The van der Waals surface area contributed by atoms with E-state index in [0.717, 1.165) is 5.75 Å². The first kappa shape index (κ1) is 17.0. The fraction of sp³-hybridized carbons (Fsp3) is 0.316. The zero-order chi connectivity index (χ0) is 17.5. The van der Waals surface area contributed by atoms with Crippen LogP contribution in [0.5, 0.6) is 23.0 Å². The molecule has 1 aliphatic heterocycles. The fourth-order valence-corrected chi connectivity index (χ4v) is 2.46. The first-order valence-corrected chi connectivity index (χ1v) is 8.30. The van der Waals surface area contributed by atoms with Crippen molar-refractivity contribution in [3.8, 4) is 23.0 Å². The first-order chi connectivity index (χ1) is 12.3. The third kappa shape index (κ3) is 4.56. The third-order valence-corrected chi connectivity index (χ3v) is 3.61. The van der Waals surface area contributed by atoms with Gasteiger partial charge >= 0.3 is 0 Å². The lowest BCUT2D eigenvalue weighted by atomic mass is 10.2. The lowest BCUT2D eigenvalue weighted by Crippen LogP contribution is -2.12. The minimum absolute atomic E-state index is 0.0689. The van der Waals surface area contributed by atoms with E-state index in [-0.39, 0.29) is 12.7 Å². The molecule has 132 valence electrons. The smallest absolute Gasteiger partial charge is 0.231 e. The van der Waals surface area contributed by atoms with Gasteiger partial charge in [-0.25, -0.2) is 0 Å². The Hall–Kier alpha value is -2.89. The largest absolute Gasteiger partial charge is 0.490 e. The summed E-state index contributed by atoms with van der Waals surface area (Å²) in [6.07, 6.45) is 0.974. The van der Waals surface area contributed by atoms with Crippen molar-refractivity contribution in [1.29, 1.82) is 0 Å². The summed E-state index contributed by atoms with van der Waals surface area (Å²) in [7, 11) is 0. The van der Waals surface area contributed by atoms with Gasteiger partial charge in [-0.05, 0) is 37.6 Å². The lowest BCUT2D eigenvalue weighted by Gasteiger charge is -2.11. The Kier molecular flexibility index (Phi) is 5.61. The van der Waals surface area contributed by atoms with Crippen LogP contribution in [0.25, 0.3) is 0 Å². The number of para-hydroxylation sites is 2. The molecule has 6 heteroatoms. The second-order valence-electron chi connectivity index (χ2n) is 5.45. The number of carbonyl (C=O) groups is 1. The molecule has 0 spiro atoms. The van der Waals surface area contributed by atoms with Gasteiger partial charge in [-0.3, -0.25) is 4.79 Å². The maximum atomic E-state index is 12.0. The topological polar surface area (TPSA) is 66.0 Å². The number of ether oxygens (including phenoxy) is 4. The molecule has 0 aromatic heterocycles. The number of rotatable bonds is 8. The molecule has 1 aliphatic rings. The van der Waals surface area contributed by atoms with E-state index in [1.807, 2.05) is 31.2 Å². The molecular weight excluding hydrogens is 322 g/mol. The van der Waals surface area contributed by atoms with Crippen molar-refractivity contribution in [3.05, 3.63) is 42.5 Å². The lowest BCUT2D eigenvalue weighted by molar-refractivity contribution is -0.116. The second kappa shape index (κ2) is 8.28. The van der Waals surface area contributed by atoms with Gasteiger partial charge < -0.3 is 24.3 Å². The quantitative estimate of drug-likeness (QED) is 0.742. The number of benzene rings is 2. The summed E-state index contributed by atoms with van der Waals surface area (Å²) in [6, 6.07) is 12.9. The van der Waals surface area contributed by atoms with Gasteiger partial charge in [0.15, 0.2) is 23.0 Å². The van der Waals surface area contributed by atoms with Crippen LogP contribution < -0.4 is 24.3 Å². The molecule has 6 nitrogen and oxygen atoms in total. The Morgan fingerprint density at radius 3 is 2.64 bits per heavy atom. The van der Waals surface area contributed by atoms with Gasteiger partial charge in [0.2, 0.25) is 12.7 Å². The van der Waals surface area contributed by atoms with Crippen LogP contribution in [-0.4, -0.2) is 25.9 Å². The summed E-state index contributed by atoms with van der Waals surface area (Å²) in [5, 5.41) is 2.85. The normalized spacial score (nSPS) is 11.9. The van der Waals surface area contributed by atoms with E-state index < -0.39 is 0 Å². The molecule has 0 radical (unpaired) electrons. The van der Waals surface area contributed by atoms with E-state index in [1.165, 1.54) is 0 Å². The molecule has 1 N–H and O–H groups in total. The SMILES string of the molecule is CCOc1ccccc1OCCCC(=O)Nc1ccc2c(c1)OCO2. The van der Waals surface area contributed by atoms with Crippen LogP contribution in [0.15, 0.2) is 42.5 Å². The van der Waals surface area contributed by atoms with Gasteiger partial charge in [-0.15, -0.1) is 0 Å². The number of carbonyl (C=O) groups excluding carboxylic acids is 1. The maximum absolute atomic E-state index is 12.0. The zero-order valence-corrected chi connectivity index (χ0v) is 14.1. The highest BCUT2D eigenvalue weighted by molar-refractivity contribution is 5.91. The van der Waals surface area contributed by atoms with Crippen molar-refractivity contribution >= 4 is 11.6 Å². The molecule has 0 atom stereocenters. The molecule has 2 aromatic carbocycles. The second-order valence-corrected chi connectivity index (χ2v) is 5.45. The predicted molar refractivity (Wildman–Crippen MR) is 93.5 cm³/mol. The monoisotopic (exact) mass is 343 g/mol. The molecule has 2 aromatic rings. The molecule has 0 fully saturated rings. The third-order valence-electron chi connectivity index (χ3n) is 3.61. The predicted octanol–water partition coefficient (Wildman–Crippen LogP) is 3.61. The van der Waals surface area contributed by atoms with Gasteiger partial charge in [0.1, 0.15) is 0 Å². The number of hydrogen-bond donors (Lipinski definition) is 1. The van der Waals surface area contributed by atoms with Crippen molar-refractivity contribution in [2.24, 2.45) is 0 Å². The Bertz CT molecular complexity index is 732. The first-order valence-electron chi connectivity index (χ1n) is 8.30. The number of fused-ring (bicyclic) bond motifs is 1. The van der Waals surface area contributed by atoms with Crippen molar-refractivity contribution < 1.29 is 23.7 Å². The highest BCUT2D eigenvalue weighted by Gasteiger charge is 2.14. The van der Waals surface area contributed by atoms with Crippen LogP contribution in [0, 0.1) is 0 Å². The van der Waals surface area contributed by atoms with E-state index in [4.69, 9.17) is 18.9 Å². The molecule has 1 amide bonds. The van der Waals surface area contributed by atoms with Crippen molar-refractivity contribution in [2.45, 2.75) is 19.8 Å². The molecular formula is C19H21NO5. The summed E-state index contributed by atoms with van der Waals surface area (Å²) in [5.41, 5.74) is 0.692. The standard InChI is InChI=1S/C19H21NO5/c1-2-22-15-6-3-4-7-16(15)23-11-5-8-19(21)20-14-9-10-17-18(12-14)25-13-24-17/h3-4,6-7,9-10,12H,2,5,8,11,13H2,1H3,(H,20,21). The van der Waals surface area contributed by atoms with Gasteiger partial charge in [0.25, 0.3) is 0 Å². The number of nitrogens with one attached hydrogen (secondary N) is 1. The van der Waals surface area contributed by atoms with Crippen LogP contribution in [0.4, 0.5) is 5.69 Å². The van der Waals surface area contributed by atoms with Crippen molar-refractivity contribution in [1.82, 2.24) is 0 Å². The van der Waals surface area contributed by atoms with Crippen LogP contribution in [0.3, 0.4) is 0 Å². The fourth-order valence-electron chi connectivity index (χ4n) is 2.46. The average Bonchev–Trinajstić information content (AvgIpc) is 3.08. The van der Waals surface area contributed by atoms with Gasteiger partial charge in [-0.1, -0.05) is 12.1 Å².